The molecule has 100 valence electrons. The van der Waals surface area contributed by atoms with E-state index in [1.165, 1.54) is 4.31 Å². The molecule has 1 aliphatic rings. The van der Waals surface area contributed by atoms with E-state index in [2.05, 4.69) is 4.72 Å². The summed E-state index contributed by atoms with van der Waals surface area (Å²) in [5.41, 5.74) is -0.668. The van der Waals surface area contributed by atoms with Crippen molar-refractivity contribution in [3.05, 3.63) is 0 Å². The Balaban J connectivity index is 2.83. The van der Waals surface area contributed by atoms with Crippen molar-refractivity contribution >= 4 is 16.2 Å². The number of hydrogen-bond donors (Lipinski definition) is 2. The van der Waals surface area contributed by atoms with Crippen LogP contribution in [0.15, 0.2) is 0 Å². The summed E-state index contributed by atoms with van der Waals surface area (Å²) in [5, 5.41) is 9.07. The Hall–Kier alpha value is -0.660. The van der Waals surface area contributed by atoms with E-state index < -0.39 is 27.6 Å². The third-order valence-electron chi connectivity index (χ3n) is 2.78. The lowest BCUT2D eigenvalue weighted by atomic mass is 9.88. The lowest BCUT2D eigenvalue weighted by molar-refractivity contribution is -0.141. The molecule has 1 aliphatic heterocycles. The van der Waals surface area contributed by atoms with Crippen LogP contribution in [0.3, 0.4) is 0 Å². The number of rotatable bonds is 4. The molecule has 1 atom stereocenters. The Morgan fingerprint density at radius 1 is 1.29 bits per heavy atom. The van der Waals surface area contributed by atoms with Crippen LogP contribution in [-0.2, 0) is 15.0 Å². The van der Waals surface area contributed by atoms with Crippen LogP contribution in [-0.4, -0.2) is 42.9 Å². The van der Waals surface area contributed by atoms with Gasteiger partial charge in [0.05, 0.1) is 0 Å². The van der Waals surface area contributed by atoms with Gasteiger partial charge in [-0.2, -0.15) is 17.4 Å². The first-order chi connectivity index (χ1) is 7.64. The van der Waals surface area contributed by atoms with Crippen molar-refractivity contribution < 1.29 is 18.3 Å². The summed E-state index contributed by atoms with van der Waals surface area (Å²) in [6.07, 6.45) is 1.66. The first kappa shape index (κ1) is 14.4. The lowest BCUT2D eigenvalue weighted by Crippen LogP contribution is -2.53. The maximum atomic E-state index is 11.9. The molecule has 1 rings (SSSR count). The number of carboxylic acid groups (broad SMARTS) is 1. The van der Waals surface area contributed by atoms with Crippen LogP contribution >= 0.6 is 0 Å². The molecule has 7 heteroatoms. The minimum absolute atomic E-state index is 0.464. The van der Waals surface area contributed by atoms with Crippen LogP contribution in [0.25, 0.3) is 0 Å². The second-order valence-electron chi connectivity index (χ2n) is 5.37. The second kappa shape index (κ2) is 4.91. The largest absolute Gasteiger partial charge is 0.480 e. The highest BCUT2D eigenvalue weighted by Crippen LogP contribution is 2.21. The normalized spacial score (nSPS) is 20.4. The van der Waals surface area contributed by atoms with Crippen molar-refractivity contribution in [2.75, 3.05) is 13.1 Å². The van der Waals surface area contributed by atoms with Gasteiger partial charge in [0, 0.05) is 13.1 Å². The third kappa shape index (κ3) is 3.65. The summed E-state index contributed by atoms with van der Waals surface area (Å²) < 4.78 is 27.5. The molecule has 1 heterocycles. The van der Waals surface area contributed by atoms with E-state index >= 15 is 0 Å². The van der Waals surface area contributed by atoms with E-state index in [0.29, 0.717) is 13.1 Å². The molecule has 17 heavy (non-hydrogen) atoms. The van der Waals surface area contributed by atoms with Gasteiger partial charge in [-0.15, -0.1) is 0 Å². The maximum absolute atomic E-state index is 11.9. The first-order valence-corrected chi connectivity index (χ1v) is 7.09. The van der Waals surface area contributed by atoms with E-state index in [1.54, 1.807) is 20.8 Å². The average molecular weight is 264 g/mol. The molecule has 0 saturated carbocycles. The van der Waals surface area contributed by atoms with Gasteiger partial charge in [0.2, 0.25) is 0 Å². The molecule has 6 nitrogen and oxygen atoms in total. The number of nitrogens with zero attached hydrogens (tertiary/aromatic N) is 1. The fraction of sp³-hybridized carbons (Fsp3) is 0.900. The molecule has 0 radical (unpaired) electrons. The van der Waals surface area contributed by atoms with Crippen molar-refractivity contribution in [1.29, 1.82) is 0 Å². The molecular weight excluding hydrogens is 244 g/mol. The molecule has 0 amide bonds. The Labute approximate surface area is 102 Å². The monoisotopic (exact) mass is 264 g/mol. The zero-order chi connectivity index (χ0) is 13.3. The number of carboxylic acids is 1. The fourth-order valence-corrected chi connectivity index (χ4v) is 3.39. The SMILES string of the molecule is CC(C)(C)C(NS(=O)(=O)N1CCCC1)C(=O)O. The number of nitrogens with one attached hydrogen (secondary N) is 1. The predicted octanol–water partition coefficient (Wildman–Crippen LogP) is 0.416. The number of carbonyl (C=O) groups is 1. The van der Waals surface area contributed by atoms with Crippen LogP contribution in [0.5, 0.6) is 0 Å². The zero-order valence-corrected chi connectivity index (χ0v) is 11.2. The van der Waals surface area contributed by atoms with Crippen molar-refractivity contribution in [2.24, 2.45) is 5.41 Å². The van der Waals surface area contributed by atoms with Crippen molar-refractivity contribution in [2.45, 2.75) is 39.7 Å². The van der Waals surface area contributed by atoms with Crippen molar-refractivity contribution in [3.63, 3.8) is 0 Å². The maximum Gasteiger partial charge on any atom is 0.322 e. The fourth-order valence-electron chi connectivity index (χ4n) is 1.75. The quantitative estimate of drug-likeness (QED) is 0.770. The Morgan fingerprint density at radius 2 is 1.76 bits per heavy atom. The van der Waals surface area contributed by atoms with E-state index in [4.69, 9.17) is 5.11 Å². The Kier molecular flexibility index (Phi) is 4.16. The highest BCUT2D eigenvalue weighted by Gasteiger charge is 2.37. The van der Waals surface area contributed by atoms with Gasteiger partial charge in [-0.25, -0.2) is 0 Å². The smallest absolute Gasteiger partial charge is 0.322 e. The van der Waals surface area contributed by atoms with Gasteiger partial charge < -0.3 is 5.11 Å². The molecule has 1 saturated heterocycles. The molecule has 0 aromatic heterocycles. The summed E-state index contributed by atoms with van der Waals surface area (Å²) >= 11 is 0. The summed E-state index contributed by atoms with van der Waals surface area (Å²) in [6, 6.07) is -1.12. The molecule has 0 aromatic carbocycles. The van der Waals surface area contributed by atoms with Crippen LogP contribution in [0.1, 0.15) is 33.6 Å². The van der Waals surface area contributed by atoms with E-state index in [9.17, 15) is 13.2 Å². The minimum Gasteiger partial charge on any atom is -0.480 e. The van der Waals surface area contributed by atoms with Gasteiger partial charge >= 0.3 is 5.97 Å². The van der Waals surface area contributed by atoms with E-state index in [0.717, 1.165) is 12.8 Å². The standard InChI is InChI=1S/C10H20N2O4S/c1-10(2,3)8(9(13)14)11-17(15,16)12-6-4-5-7-12/h8,11H,4-7H2,1-3H3,(H,13,14). The number of aliphatic carboxylic acids is 1. The first-order valence-electron chi connectivity index (χ1n) is 5.65. The van der Waals surface area contributed by atoms with Crippen molar-refractivity contribution in [1.82, 2.24) is 9.03 Å². The summed E-state index contributed by atoms with van der Waals surface area (Å²) in [7, 11) is -3.68. The van der Waals surface area contributed by atoms with E-state index in [1.807, 2.05) is 0 Å². The minimum atomic E-state index is -3.68. The van der Waals surface area contributed by atoms with E-state index in [-0.39, 0.29) is 0 Å². The molecule has 1 fully saturated rings. The van der Waals surface area contributed by atoms with Gasteiger partial charge in [0.1, 0.15) is 6.04 Å². The molecule has 0 aliphatic carbocycles. The van der Waals surface area contributed by atoms with Crippen LogP contribution < -0.4 is 4.72 Å². The molecule has 2 N–H and O–H groups in total. The van der Waals surface area contributed by atoms with Crippen LogP contribution in [0.4, 0.5) is 0 Å². The Bertz CT molecular complexity index is 380. The predicted molar refractivity (Wildman–Crippen MR) is 63.7 cm³/mol. The topological polar surface area (TPSA) is 86.7 Å². The van der Waals surface area contributed by atoms with Crippen molar-refractivity contribution in [3.8, 4) is 0 Å². The molecule has 0 spiro atoms. The van der Waals surface area contributed by atoms with Gasteiger partial charge in [-0.1, -0.05) is 20.8 Å². The molecule has 0 aromatic rings. The summed E-state index contributed by atoms with van der Waals surface area (Å²) in [6.45, 7) is 6.01. The lowest BCUT2D eigenvalue weighted by Gasteiger charge is -2.29. The Morgan fingerprint density at radius 3 is 2.12 bits per heavy atom. The highest BCUT2D eigenvalue weighted by atomic mass is 32.2. The second-order valence-corrected chi connectivity index (χ2v) is 7.07. The average Bonchev–Trinajstić information content (AvgIpc) is 2.65. The van der Waals surface area contributed by atoms with Gasteiger partial charge in [0.25, 0.3) is 10.2 Å². The van der Waals surface area contributed by atoms with Crippen LogP contribution in [0.2, 0.25) is 0 Å². The molecular formula is C10H20N2O4S. The summed E-state index contributed by atoms with van der Waals surface area (Å²) in [5.74, 6) is -1.15. The van der Waals surface area contributed by atoms with Gasteiger partial charge in [-0.3, -0.25) is 4.79 Å². The van der Waals surface area contributed by atoms with Crippen LogP contribution in [0, 0.1) is 5.41 Å². The van der Waals surface area contributed by atoms with Gasteiger partial charge in [0.15, 0.2) is 0 Å². The molecule has 0 bridgehead atoms. The zero-order valence-electron chi connectivity index (χ0n) is 10.4. The molecule has 1 unspecified atom stereocenters. The summed E-state index contributed by atoms with van der Waals surface area (Å²) in [4.78, 5) is 11.1. The van der Waals surface area contributed by atoms with Gasteiger partial charge in [-0.05, 0) is 18.3 Å². The number of hydrogen-bond acceptors (Lipinski definition) is 3. The third-order valence-corrected chi connectivity index (χ3v) is 4.36. The highest BCUT2D eigenvalue weighted by molar-refractivity contribution is 7.87.